The second kappa shape index (κ2) is 8.47. The molecule has 5 heteroatoms. The normalized spacial score (nSPS) is 8.15. The maximum absolute atomic E-state index is 5.39. The van der Waals surface area contributed by atoms with Crippen molar-refractivity contribution in [3.63, 3.8) is 0 Å². The Kier molecular flexibility index (Phi) is 10.00. The second-order valence-electron chi connectivity index (χ2n) is 2.36. The first-order valence-electron chi connectivity index (χ1n) is 3.73. The van der Waals surface area contributed by atoms with E-state index in [4.69, 9.17) is 5.73 Å². The lowest BCUT2D eigenvalue weighted by molar-refractivity contribution is -0.694. The largest absolute Gasteiger partial charge is 1.00 e. The molecule has 0 bridgehead atoms. The van der Waals surface area contributed by atoms with Crippen LogP contribution in [0.25, 0.3) is 0 Å². The standard InChI is InChI=1S/C8H13N3.2BrH/c1-10-8-2-5-11(6-3-8)7-4-9;;/h2-3,5-6H,4,7,9H2,1H3;2*1H. The molecular weight excluding hydrogens is 298 g/mol. The Labute approximate surface area is 99.9 Å². The molecule has 0 saturated carbocycles. The first-order valence-corrected chi connectivity index (χ1v) is 3.73. The molecule has 13 heavy (non-hydrogen) atoms. The van der Waals surface area contributed by atoms with E-state index in [0.717, 1.165) is 12.2 Å². The van der Waals surface area contributed by atoms with Gasteiger partial charge in [-0.25, -0.2) is 4.57 Å². The summed E-state index contributed by atoms with van der Waals surface area (Å²) in [6, 6.07) is 4.05. The number of aromatic nitrogens is 1. The highest BCUT2D eigenvalue weighted by Gasteiger charge is 1.96. The van der Waals surface area contributed by atoms with Gasteiger partial charge >= 0.3 is 0 Å². The average molecular weight is 313 g/mol. The number of nitrogens with two attached hydrogens (primary N) is 1. The minimum atomic E-state index is 0. The van der Waals surface area contributed by atoms with E-state index >= 15 is 0 Å². The molecule has 1 heterocycles. The van der Waals surface area contributed by atoms with Gasteiger partial charge in [-0.3, -0.25) is 0 Å². The maximum atomic E-state index is 5.39. The van der Waals surface area contributed by atoms with E-state index in [2.05, 4.69) is 9.88 Å². The number of hydrogen-bond acceptors (Lipinski definition) is 2. The molecule has 0 unspecified atom stereocenters. The lowest BCUT2D eigenvalue weighted by Gasteiger charge is -1.97. The van der Waals surface area contributed by atoms with Crippen LogP contribution >= 0.6 is 17.0 Å². The van der Waals surface area contributed by atoms with E-state index in [1.807, 2.05) is 31.6 Å². The predicted molar refractivity (Wildman–Crippen MR) is 55.6 cm³/mol. The quantitative estimate of drug-likeness (QED) is 0.609. The van der Waals surface area contributed by atoms with E-state index < -0.39 is 0 Å². The average Bonchev–Trinajstić information content (AvgIpc) is 2.07. The van der Waals surface area contributed by atoms with E-state index in [1.165, 1.54) is 0 Å². The summed E-state index contributed by atoms with van der Waals surface area (Å²) in [6.45, 7) is 1.56. The number of nitrogens with zero attached hydrogens (tertiary/aromatic N) is 1. The van der Waals surface area contributed by atoms with Gasteiger partial charge in [-0.2, -0.15) is 0 Å². The molecule has 76 valence electrons. The number of hydrogen-bond donors (Lipinski definition) is 2. The lowest BCUT2D eigenvalue weighted by Crippen LogP contribution is -3.00. The second-order valence-corrected chi connectivity index (χ2v) is 2.36. The molecule has 0 spiro atoms. The Hall–Kier alpha value is -0.130. The van der Waals surface area contributed by atoms with Crippen molar-refractivity contribution >= 4 is 22.7 Å². The summed E-state index contributed by atoms with van der Waals surface area (Å²) in [5.74, 6) is 0. The molecule has 0 aliphatic rings. The fraction of sp³-hybridized carbons (Fsp3) is 0.375. The van der Waals surface area contributed by atoms with Gasteiger partial charge in [-0.15, -0.1) is 17.0 Å². The number of halogens is 2. The van der Waals surface area contributed by atoms with Gasteiger partial charge in [0.25, 0.3) is 0 Å². The molecule has 0 atom stereocenters. The van der Waals surface area contributed by atoms with Crippen LogP contribution in [0.15, 0.2) is 24.5 Å². The molecule has 0 amide bonds. The highest BCUT2D eigenvalue weighted by atomic mass is 79.9. The molecule has 0 aliphatic carbocycles. The van der Waals surface area contributed by atoms with E-state index in [-0.39, 0.29) is 34.0 Å². The summed E-state index contributed by atoms with van der Waals surface area (Å²) < 4.78 is 2.06. The van der Waals surface area contributed by atoms with Crippen LogP contribution in [0.4, 0.5) is 5.69 Å². The van der Waals surface area contributed by atoms with Crippen LogP contribution in [0.5, 0.6) is 0 Å². The molecule has 3 nitrogen and oxygen atoms in total. The molecular formula is C8H15Br2N3. The highest BCUT2D eigenvalue weighted by molar-refractivity contribution is 8.93. The molecule has 3 N–H and O–H groups in total. The molecule has 0 aromatic carbocycles. The van der Waals surface area contributed by atoms with Crippen molar-refractivity contribution in [2.24, 2.45) is 5.73 Å². The topological polar surface area (TPSA) is 41.9 Å². The summed E-state index contributed by atoms with van der Waals surface area (Å²) in [6.07, 6.45) is 4.03. The number of anilines is 1. The van der Waals surface area contributed by atoms with Crippen LogP contribution in [0.2, 0.25) is 0 Å². The molecule has 0 saturated heterocycles. The first kappa shape index (κ1) is 15.3. The smallest absolute Gasteiger partial charge is 0.170 e. The Bertz CT molecular complexity index is 213. The predicted octanol–water partition coefficient (Wildman–Crippen LogP) is -2.44. The van der Waals surface area contributed by atoms with Crippen LogP contribution in [0, 0.1) is 0 Å². The molecule has 1 aromatic heterocycles. The van der Waals surface area contributed by atoms with Gasteiger partial charge in [-0.1, -0.05) is 0 Å². The SMILES string of the molecule is Br.CNc1cc[n+](CCN)cc1.[Br-]. The third-order valence-electron chi connectivity index (χ3n) is 1.57. The van der Waals surface area contributed by atoms with Crippen molar-refractivity contribution in [1.82, 2.24) is 0 Å². The minimum Gasteiger partial charge on any atom is -1.00 e. The first-order chi connectivity index (χ1) is 5.36. The fourth-order valence-corrected chi connectivity index (χ4v) is 0.922. The molecule has 1 rings (SSSR count). The van der Waals surface area contributed by atoms with Crippen molar-refractivity contribution in [3.8, 4) is 0 Å². The van der Waals surface area contributed by atoms with Gasteiger partial charge in [0.1, 0.15) is 0 Å². The maximum Gasteiger partial charge on any atom is 0.170 e. The van der Waals surface area contributed by atoms with Crippen LogP contribution in [-0.2, 0) is 6.54 Å². The van der Waals surface area contributed by atoms with Gasteiger partial charge in [-0.05, 0) is 0 Å². The third kappa shape index (κ3) is 5.23. The number of rotatable bonds is 3. The molecule has 1 aromatic rings. The zero-order valence-electron chi connectivity index (χ0n) is 7.53. The van der Waals surface area contributed by atoms with E-state index in [1.54, 1.807) is 0 Å². The van der Waals surface area contributed by atoms with Gasteiger partial charge in [0, 0.05) is 24.9 Å². The van der Waals surface area contributed by atoms with Crippen molar-refractivity contribution < 1.29 is 21.5 Å². The van der Waals surface area contributed by atoms with Gasteiger partial charge in [0.15, 0.2) is 18.9 Å². The zero-order valence-corrected chi connectivity index (χ0v) is 10.8. The van der Waals surface area contributed by atoms with Crippen molar-refractivity contribution in [3.05, 3.63) is 24.5 Å². The molecule has 0 fully saturated rings. The highest BCUT2D eigenvalue weighted by Crippen LogP contribution is 1.98. The molecule has 0 aliphatic heterocycles. The zero-order chi connectivity index (χ0) is 8.10. The Balaban J connectivity index is 0. The van der Waals surface area contributed by atoms with Crippen molar-refractivity contribution in [2.45, 2.75) is 6.54 Å². The minimum absolute atomic E-state index is 0. The number of pyridine rings is 1. The Morgan fingerprint density at radius 3 is 2.31 bits per heavy atom. The summed E-state index contributed by atoms with van der Waals surface area (Å²) in [5, 5.41) is 3.05. The fourth-order valence-electron chi connectivity index (χ4n) is 0.922. The van der Waals surface area contributed by atoms with Crippen LogP contribution in [0.3, 0.4) is 0 Å². The van der Waals surface area contributed by atoms with Crippen molar-refractivity contribution in [1.29, 1.82) is 0 Å². The van der Waals surface area contributed by atoms with Gasteiger partial charge in [0.05, 0.1) is 6.54 Å². The third-order valence-corrected chi connectivity index (χ3v) is 1.57. The van der Waals surface area contributed by atoms with Crippen LogP contribution in [0.1, 0.15) is 0 Å². The van der Waals surface area contributed by atoms with Crippen LogP contribution in [-0.4, -0.2) is 13.6 Å². The summed E-state index contributed by atoms with van der Waals surface area (Å²) in [4.78, 5) is 0. The monoisotopic (exact) mass is 311 g/mol. The lowest BCUT2D eigenvalue weighted by atomic mass is 10.4. The molecule has 0 radical (unpaired) electrons. The Morgan fingerprint density at radius 2 is 1.92 bits per heavy atom. The van der Waals surface area contributed by atoms with Crippen LogP contribution < -0.4 is 32.6 Å². The van der Waals surface area contributed by atoms with Gasteiger partial charge in [0.2, 0.25) is 0 Å². The van der Waals surface area contributed by atoms with Crippen molar-refractivity contribution in [2.75, 3.05) is 18.9 Å². The summed E-state index contributed by atoms with van der Waals surface area (Å²) >= 11 is 0. The Morgan fingerprint density at radius 1 is 1.38 bits per heavy atom. The summed E-state index contributed by atoms with van der Waals surface area (Å²) in [5.41, 5.74) is 6.52. The summed E-state index contributed by atoms with van der Waals surface area (Å²) in [7, 11) is 1.91. The van der Waals surface area contributed by atoms with E-state index in [9.17, 15) is 0 Å². The van der Waals surface area contributed by atoms with Gasteiger partial charge < -0.3 is 28.0 Å². The number of nitrogens with one attached hydrogen (secondary N) is 1. The van der Waals surface area contributed by atoms with E-state index in [0.29, 0.717) is 6.54 Å².